The van der Waals surface area contributed by atoms with Crippen LogP contribution in [0.25, 0.3) is 5.69 Å². The number of hydrogen-bond donors (Lipinski definition) is 1. The van der Waals surface area contributed by atoms with Crippen molar-refractivity contribution < 1.29 is 18.0 Å². The van der Waals surface area contributed by atoms with Gasteiger partial charge in [0.25, 0.3) is 0 Å². The standard InChI is InChI=1S/C24H24F3N3O/c1-4-18-8-10-22(11-9-18)30-16(2)12-20(17(30)3)15-28-29-23(31)14-19-6-5-7-21(13-19)24(25,26)27/h5-13,15H,4,14H2,1-3H3,(H,29,31)/b28-15+. The Kier molecular flexibility index (Phi) is 6.63. The molecule has 0 spiro atoms. The molecule has 0 aliphatic heterocycles. The van der Waals surface area contributed by atoms with Gasteiger partial charge in [-0.3, -0.25) is 4.79 Å². The van der Waals surface area contributed by atoms with Crippen LogP contribution in [0.2, 0.25) is 0 Å². The van der Waals surface area contributed by atoms with E-state index in [1.165, 1.54) is 17.7 Å². The topological polar surface area (TPSA) is 46.4 Å². The van der Waals surface area contributed by atoms with Gasteiger partial charge in [-0.2, -0.15) is 18.3 Å². The molecule has 3 aromatic rings. The van der Waals surface area contributed by atoms with E-state index in [9.17, 15) is 18.0 Å². The van der Waals surface area contributed by atoms with Crippen molar-refractivity contribution in [2.24, 2.45) is 5.10 Å². The van der Waals surface area contributed by atoms with E-state index >= 15 is 0 Å². The fraction of sp³-hybridized carbons (Fsp3) is 0.250. The smallest absolute Gasteiger partial charge is 0.318 e. The lowest BCUT2D eigenvalue weighted by Crippen LogP contribution is -2.20. The second-order valence-corrected chi connectivity index (χ2v) is 7.35. The summed E-state index contributed by atoms with van der Waals surface area (Å²) in [5.41, 5.74) is 7.03. The highest BCUT2D eigenvalue weighted by Crippen LogP contribution is 2.29. The number of hydrogen-bond acceptors (Lipinski definition) is 2. The second-order valence-electron chi connectivity index (χ2n) is 7.35. The maximum atomic E-state index is 12.8. The number of carbonyl (C=O) groups excluding carboxylic acids is 1. The average molecular weight is 427 g/mol. The van der Waals surface area contributed by atoms with Crippen LogP contribution < -0.4 is 5.43 Å². The number of benzene rings is 2. The summed E-state index contributed by atoms with van der Waals surface area (Å²) in [4.78, 5) is 12.1. The van der Waals surface area contributed by atoms with Crippen LogP contribution in [0.5, 0.6) is 0 Å². The van der Waals surface area contributed by atoms with Crippen LogP contribution in [0.4, 0.5) is 13.2 Å². The summed E-state index contributed by atoms with van der Waals surface area (Å²) in [7, 11) is 0. The Balaban J connectivity index is 1.68. The van der Waals surface area contributed by atoms with Crippen molar-refractivity contribution in [2.45, 2.75) is 39.8 Å². The Morgan fingerprint density at radius 2 is 1.77 bits per heavy atom. The van der Waals surface area contributed by atoms with Gasteiger partial charge in [0.1, 0.15) is 0 Å². The highest BCUT2D eigenvalue weighted by Gasteiger charge is 2.30. The van der Waals surface area contributed by atoms with Crippen molar-refractivity contribution in [3.8, 4) is 5.69 Å². The maximum absolute atomic E-state index is 12.8. The number of aromatic nitrogens is 1. The van der Waals surface area contributed by atoms with E-state index in [1.807, 2.05) is 19.9 Å². The molecule has 0 unspecified atom stereocenters. The first kappa shape index (κ1) is 22.3. The predicted octanol–water partition coefficient (Wildman–Crippen LogP) is 5.37. The largest absolute Gasteiger partial charge is 0.416 e. The van der Waals surface area contributed by atoms with Crippen LogP contribution in [-0.2, 0) is 23.8 Å². The summed E-state index contributed by atoms with van der Waals surface area (Å²) in [6.45, 7) is 6.06. The maximum Gasteiger partial charge on any atom is 0.416 e. The van der Waals surface area contributed by atoms with Gasteiger partial charge in [-0.05, 0) is 55.7 Å². The van der Waals surface area contributed by atoms with Crippen molar-refractivity contribution in [1.29, 1.82) is 0 Å². The minimum absolute atomic E-state index is 0.190. The molecule has 0 saturated heterocycles. The van der Waals surface area contributed by atoms with Gasteiger partial charge < -0.3 is 4.57 Å². The molecule has 0 aliphatic carbocycles. The van der Waals surface area contributed by atoms with E-state index in [1.54, 1.807) is 6.21 Å². The third-order valence-electron chi connectivity index (χ3n) is 5.08. The van der Waals surface area contributed by atoms with Crippen LogP contribution >= 0.6 is 0 Å². The minimum Gasteiger partial charge on any atom is -0.318 e. The molecule has 162 valence electrons. The molecule has 1 heterocycles. The molecule has 0 atom stereocenters. The Morgan fingerprint density at radius 3 is 2.42 bits per heavy atom. The molecule has 1 N–H and O–H groups in total. The fourth-order valence-corrected chi connectivity index (χ4v) is 3.45. The van der Waals surface area contributed by atoms with Crippen molar-refractivity contribution in [1.82, 2.24) is 9.99 Å². The summed E-state index contributed by atoms with van der Waals surface area (Å²) >= 11 is 0. The molecule has 0 aliphatic rings. The lowest BCUT2D eigenvalue weighted by molar-refractivity contribution is -0.137. The van der Waals surface area contributed by atoms with Gasteiger partial charge in [0.2, 0.25) is 5.91 Å². The van der Waals surface area contributed by atoms with Gasteiger partial charge >= 0.3 is 6.18 Å². The molecule has 1 aromatic heterocycles. The third-order valence-corrected chi connectivity index (χ3v) is 5.08. The quantitative estimate of drug-likeness (QED) is 0.417. The number of amides is 1. The Hall–Kier alpha value is -3.35. The van der Waals surface area contributed by atoms with Crippen molar-refractivity contribution >= 4 is 12.1 Å². The molecule has 0 saturated carbocycles. The van der Waals surface area contributed by atoms with Crippen molar-refractivity contribution in [2.75, 3.05) is 0 Å². The predicted molar refractivity (Wildman–Crippen MR) is 116 cm³/mol. The molecule has 0 radical (unpaired) electrons. The number of nitrogens with one attached hydrogen (secondary N) is 1. The van der Waals surface area contributed by atoms with Gasteiger partial charge in [0, 0.05) is 22.6 Å². The molecular weight excluding hydrogens is 403 g/mol. The molecule has 2 aromatic carbocycles. The molecule has 3 rings (SSSR count). The summed E-state index contributed by atoms with van der Waals surface area (Å²) in [5.74, 6) is -0.487. The van der Waals surface area contributed by atoms with E-state index in [-0.39, 0.29) is 12.0 Å². The normalized spacial score (nSPS) is 11.8. The monoisotopic (exact) mass is 427 g/mol. The minimum atomic E-state index is -4.44. The van der Waals surface area contributed by atoms with Gasteiger partial charge in [0.15, 0.2) is 0 Å². The molecule has 0 bridgehead atoms. The number of aryl methyl sites for hydroxylation is 2. The lowest BCUT2D eigenvalue weighted by atomic mass is 10.1. The lowest BCUT2D eigenvalue weighted by Gasteiger charge is -2.10. The number of hydrazone groups is 1. The van der Waals surface area contributed by atoms with Crippen LogP contribution in [0.3, 0.4) is 0 Å². The molecule has 1 amide bonds. The van der Waals surface area contributed by atoms with Gasteiger partial charge in [-0.25, -0.2) is 5.43 Å². The Labute approximate surface area is 179 Å². The second kappa shape index (κ2) is 9.20. The first-order valence-electron chi connectivity index (χ1n) is 9.95. The number of rotatable bonds is 6. The van der Waals surface area contributed by atoms with Crippen LogP contribution in [0.1, 0.15) is 40.6 Å². The number of carbonyl (C=O) groups is 1. The number of halogens is 3. The van der Waals surface area contributed by atoms with Gasteiger partial charge in [-0.1, -0.05) is 37.3 Å². The van der Waals surface area contributed by atoms with Gasteiger partial charge in [-0.15, -0.1) is 0 Å². The SMILES string of the molecule is CCc1ccc(-n2c(C)cc(/C=N/NC(=O)Cc3cccc(C(F)(F)F)c3)c2C)cc1. The third kappa shape index (κ3) is 5.42. The van der Waals surface area contributed by atoms with Crippen LogP contribution in [-0.4, -0.2) is 16.7 Å². The van der Waals surface area contributed by atoms with E-state index in [4.69, 9.17) is 0 Å². The summed E-state index contributed by atoms with van der Waals surface area (Å²) in [5, 5.41) is 3.99. The van der Waals surface area contributed by atoms with E-state index in [0.717, 1.165) is 41.2 Å². The molecule has 4 nitrogen and oxygen atoms in total. The zero-order chi connectivity index (χ0) is 22.6. The highest BCUT2D eigenvalue weighted by atomic mass is 19.4. The first-order chi connectivity index (χ1) is 14.7. The average Bonchev–Trinajstić information content (AvgIpc) is 3.01. The van der Waals surface area contributed by atoms with Crippen LogP contribution in [0, 0.1) is 13.8 Å². The van der Waals surface area contributed by atoms with Crippen molar-refractivity contribution in [3.63, 3.8) is 0 Å². The van der Waals surface area contributed by atoms with E-state index in [0.29, 0.717) is 0 Å². The Morgan fingerprint density at radius 1 is 1.06 bits per heavy atom. The summed E-state index contributed by atoms with van der Waals surface area (Å²) in [6, 6.07) is 15.0. The van der Waals surface area contributed by atoms with Gasteiger partial charge in [0.05, 0.1) is 18.2 Å². The van der Waals surface area contributed by atoms with Crippen LogP contribution in [0.15, 0.2) is 59.7 Å². The number of nitrogens with zero attached hydrogens (tertiary/aromatic N) is 2. The van der Waals surface area contributed by atoms with Crippen molar-refractivity contribution in [3.05, 3.63) is 88.2 Å². The van der Waals surface area contributed by atoms with E-state index in [2.05, 4.69) is 46.3 Å². The molecule has 0 fully saturated rings. The molecular formula is C24H24F3N3O. The number of alkyl halides is 3. The highest BCUT2D eigenvalue weighted by molar-refractivity contribution is 5.84. The summed E-state index contributed by atoms with van der Waals surface area (Å²) in [6.07, 6.45) is -2.11. The Bertz CT molecular complexity index is 1100. The summed E-state index contributed by atoms with van der Waals surface area (Å²) < 4.78 is 40.5. The molecule has 7 heteroatoms. The first-order valence-corrected chi connectivity index (χ1v) is 9.95. The van der Waals surface area contributed by atoms with E-state index < -0.39 is 17.6 Å². The zero-order valence-electron chi connectivity index (χ0n) is 17.6. The molecule has 31 heavy (non-hydrogen) atoms. The fourth-order valence-electron chi connectivity index (χ4n) is 3.45. The zero-order valence-corrected chi connectivity index (χ0v) is 17.6.